The van der Waals surface area contributed by atoms with E-state index in [1.165, 1.54) is 10.5 Å². The monoisotopic (exact) mass is 452 g/mol. The van der Waals surface area contributed by atoms with Crippen molar-refractivity contribution in [2.24, 2.45) is 0 Å². The summed E-state index contributed by atoms with van der Waals surface area (Å²) >= 11 is 0. The van der Waals surface area contributed by atoms with E-state index in [4.69, 9.17) is 4.74 Å². The van der Waals surface area contributed by atoms with Crippen molar-refractivity contribution >= 4 is 28.8 Å². The summed E-state index contributed by atoms with van der Waals surface area (Å²) in [6.45, 7) is 8.55. The molecule has 5 nitrogen and oxygen atoms in total. The third-order valence-electron chi connectivity index (χ3n) is 6.20. The number of rotatable bonds is 5. The molecular formula is C29H28N2O3. The molecular weight excluding hydrogens is 424 g/mol. The van der Waals surface area contributed by atoms with E-state index >= 15 is 0 Å². The molecule has 0 saturated heterocycles. The fourth-order valence-electron chi connectivity index (χ4n) is 4.89. The summed E-state index contributed by atoms with van der Waals surface area (Å²) < 4.78 is 5.78. The number of hydrogen-bond donors (Lipinski definition) is 0. The number of amides is 2. The number of hydrogen-bond acceptors (Lipinski definition) is 4. The molecule has 3 aromatic carbocycles. The van der Waals surface area contributed by atoms with Gasteiger partial charge in [-0.25, -0.2) is 4.90 Å². The van der Waals surface area contributed by atoms with Gasteiger partial charge in [0.2, 0.25) is 0 Å². The van der Waals surface area contributed by atoms with Crippen molar-refractivity contribution in [1.82, 2.24) is 0 Å². The smallest absolute Gasteiger partial charge is 0.282 e. The van der Waals surface area contributed by atoms with Crippen LogP contribution in [0.2, 0.25) is 0 Å². The highest BCUT2D eigenvalue weighted by Gasteiger charge is 2.44. The van der Waals surface area contributed by atoms with Crippen LogP contribution >= 0.6 is 0 Å². The number of imide groups is 1. The maximum absolute atomic E-state index is 13.9. The van der Waals surface area contributed by atoms with Gasteiger partial charge in [-0.2, -0.15) is 0 Å². The fourth-order valence-corrected chi connectivity index (χ4v) is 4.89. The largest absolute Gasteiger partial charge is 0.491 e. The van der Waals surface area contributed by atoms with E-state index in [1.807, 2.05) is 93.3 Å². The Kier molecular flexibility index (Phi) is 5.48. The Bertz CT molecular complexity index is 1300. The van der Waals surface area contributed by atoms with Crippen LogP contribution in [0.5, 0.6) is 5.75 Å². The first-order chi connectivity index (χ1) is 16.3. The number of aryl methyl sites for hydroxylation is 2. The summed E-state index contributed by atoms with van der Waals surface area (Å²) in [5, 5.41) is 0. The van der Waals surface area contributed by atoms with Crippen LogP contribution in [0.25, 0.3) is 5.57 Å². The van der Waals surface area contributed by atoms with Gasteiger partial charge < -0.3 is 9.64 Å². The minimum Gasteiger partial charge on any atom is -0.491 e. The van der Waals surface area contributed by atoms with E-state index in [9.17, 15) is 9.59 Å². The molecule has 5 heteroatoms. The minimum absolute atomic E-state index is 0.0523. The third-order valence-corrected chi connectivity index (χ3v) is 6.20. The van der Waals surface area contributed by atoms with Crippen molar-refractivity contribution in [2.75, 3.05) is 16.3 Å². The molecule has 0 aromatic heterocycles. The first-order valence-corrected chi connectivity index (χ1v) is 11.7. The van der Waals surface area contributed by atoms with Crippen LogP contribution in [-0.4, -0.2) is 24.5 Å². The maximum Gasteiger partial charge on any atom is 0.282 e. The van der Waals surface area contributed by atoms with Crippen molar-refractivity contribution < 1.29 is 14.3 Å². The van der Waals surface area contributed by atoms with Gasteiger partial charge in [0.15, 0.2) is 0 Å². The van der Waals surface area contributed by atoms with Crippen LogP contribution < -0.4 is 14.5 Å². The van der Waals surface area contributed by atoms with Crippen LogP contribution in [0.1, 0.15) is 36.1 Å². The molecule has 0 aliphatic carbocycles. The molecule has 0 fully saturated rings. The molecule has 0 bridgehead atoms. The highest BCUT2D eigenvalue weighted by atomic mass is 16.5. The van der Waals surface area contributed by atoms with Gasteiger partial charge in [0.1, 0.15) is 11.4 Å². The van der Waals surface area contributed by atoms with Gasteiger partial charge in [0.05, 0.1) is 17.4 Å². The van der Waals surface area contributed by atoms with Gasteiger partial charge in [-0.1, -0.05) is 36.4 Å². The maximum atomic E-state index is 13.9. The zero-order valence-electron chi connectivity index (χ0n) is 20.0. The number of carbonyl (C=O) groups excluding carboxylic acids is 2. The SMILES string of the molecule is Cc1cc(C)cc(N2C(=O)C(c3ccc(OC(C)C)cc3)=C(N3CCc4ccccc43)C2=O)c1. The standard InChI is InChI=1S/C29H28N2O3/c1-18(2)34-24-11-9-22(10-12-24)26-27(30-14-13-21-7-5-6-8-25(21)30)29(33)31(28(26)32)23-16-19(3)15-20(4)17-23/h5-12,15-18H,13-14H2,1-4H3. The molecule has 2 aliphatic heterocycles. The van der Waals surface area contributed by atoms with Gasteiger partial charge in [0.25, 0.3) is 11.8 Å². The molecule has 2 aliphatic rings. The summed E-state index contributed by atoms with van der Waals surface area (Å²) in [6.07, 6.45) is 0.885. The molecule has 5 rings (SSSR count). The average Bonchev–Trinajstić information content (AvgIpc) is 3.31. The number of ether oxygens (including phenoxy) is 1. The predicted octanol–water partition coefficient (Wildman–Crippen LogP) is 5.44. The highest BCUT2D eigenvalue weighted by Crippen LogP contribution is 2.40. The van der Waals surface area contributed by atoms with Gasteiger partial charge in [-0.05, 0) is 86.7 Å². The lowest BCUT2D eigenvalue weighted by Gasteiger charge is -2.22. The second kappa shape index (κ2) is 8.49. The zero-order valence-corrected chi connectivity index (χ0v) is 20.0. The molecule has 2 amide bonds. The number of fused-ring (bicyclic) bond motifs is 1. The van der Waals surface area contributed by atoms with Crippen LogP contribution in [0.4, 0.5) is 11.4 Å². The zero-order chi connectivity index (χ0) is 24.0. The number of carbonyl (C=O) groups is 2. The van der Waals surface area contributed by atoms with Crippen LogP contribution in [0, 0.1) is 13.8 Å². The number of anilines is 2. The van der Waals surface area contributed by atoms with Gasteiger partial charge in [-0.3, -0.25) is 9.59 Å². The summed E-state index contributed by atoms with van der Waals surface area (Å²) in [6, 6.07) is 21.3. The molecule has 0 radical (unpaired) electrons. The Balaban J connectivity index is 1.64. The second-order valence-corrected chi connectivity index (χ2v) is 9.24. The molecule has 34 heavy (non-hydrogen) atoms. The molecule has 3 aromatic rings. The van der Waals surface area contributed by atoms with Crippen molar-refractivity contribution in [3.8, 4) is 5.75 Å². The average molecular weight is 453 g/mol. The van der Waals surface area contributed by atoms with E-state index in [0.717, 1.165) is 29.0 Å². The molecule has 0 unspecified atom stereocenters. The minimum atomic E-state index is -0.299. The molecule has 0 spiro atoms. The Morgan fingerprint density at radius 1 is 0.853 bits per heavy atom. The molecule has 0 N–H and O–H groups in total. The quantitative estimate of drug-likeness (QED) is 0.484. The van der Waals surface area contributed by atoms with Crippen LogP contribution in [0.15, 0.2) is 72.4 Å². The summed E-state index contributed by atoms with van der Waals surface area (Å²) in [5.74, 6) is 0.145. The van der Waals surface area contributed by atoms with Crippen molar-refractivity contribution in [1.29, 1.82) is 0 Å². The third kappa shape index (κ3) is 3.77. The summed E-state index contributed by atoms with van der Waals surface area (Å²) in [5.41, 5.74) is 6.36. The van der Waals surface area contributed by atoms with E-state index in [-0.39, 0.29) is 17.9 Å². The van der Waals surface area contributed by atoms with E-state index < -0.39 is 0 Å². The highest BCUT2D eigenvalue weighted by molar-refractivity contribution is 6.46. The molecule has 2 heterocycles. The van der Waals surface area contributed by atoms with Gasteiger partial charge in [0, 0.05) is 12.2 Å². The molecule has 0 atom stereocenters. The normalized spacial score (nSPS) is 15.6. The van der Waals surface area contributed by atoms with Gasteiger partial charge in [-0.15, -0.1) is 0 Å². The van der Waals surface area contributed by atoms with Crippen molar-refractivity contribution in [3.05, 3.63) is 94.7 Å². The Hall–Kier alpha value is -3.86. The number of para-hydroxylation sites is 1. The lowest BCUT2D eigenvalue weighted by atomic mass is 10.0. The Morgan fingerprint density at radius 2 is 1.53 bits per heavy atom. The number of nitrogens with zero attached hydrogens (tertiary/aromatic N) is 2. The lowest BCUT2D eigenvalue weighted by Crippen LogP contribution is -2.35. The second-order valence-electron chi connectivity index (χ2n) is 9.24. The Morgan fingerprint density at radius 3 is 2.21 bits per heavy atom. The van der Waals surface area contributed by atoms with Crippen LogP contribution in [0.3, 0.4) is 0 Å². The number of benzene rings is 3. The van der Waals surface area contributed by atoms with E-state index in [0.29, 0.717) is 29.1 Å². The Labute approximate surface area is 200 Å². The van der Waals surface area contributed by atoms with Gasteiger partial charge >= 0.3 is 0 Å². The first kappa shape index (κ1) is 22.0. The van der Waals surface area contributed by atoms with Crippen molar-refractivity contribution in [2.45, 2.75) is 40.2 Å². The lowest BCUT2D eigenvalue weighted by molar-refractivity contribution is -0.120. The molecule has 172 valence electrons. The predicted molar refractivity (Wildman–Crippen MR) is 135 cm³/mol. The summed E-state index contributed by atoms with van der Waals surface area (Å²) in [4.78, 5) is 31.1. The molecule has 0 saturated carbocycles. The first-order valence-electron chi connectivity index (χ1n) is 11.7. The van der Waals surface area contributed by atoms with Crippen molar-refractivity contribution in [3.63, 3.8) is 0 Å². The fraction of sp³-hybridized carbons (Fsp3) is 0.241. The summed E-state index contributed by atoms with van der Waals surface area (Å²) in [7, 11) is 0. The van der Waals surface area contributed by atoms with E-state index in [2.05, 4.69) is 6.07 Å². The van der Waals surface area contributed by atoms with Crippen LogP contribution in [-0.2, 0) is 16.0 Å². The van der Waals surface area contributed by atoms with E-state index in [1.54, 1.807) is 0 Å². The topological polar surface area (TPSA) is 49.9 Å².